The molecule has 0 aromatic heterocycles. The molecule has 0 amide bonds. The van der Waals surface area contributed by atoms with E-state index in [0.717, 1.165) is 34.4 Å². The minimum Gasteiger partial charge on any atom is -0.507 e. The van der Waals surface area contributed by atoms with Crippen LogP contribution < -0.4 is 9.47 Å². The summed E-state index contributed by atoms with van der Waals surface area (Å²) in [5.74, 6) is 1.83. The highest BCUT2D eigenvalue weighted by Gasteiger charge is 2.31. The van der Waals surface area contributed by atoms with Gasteiger partial charge in [-0.05, 0) is 69.3 Å². The van der Waals surface area contributed by atoms with Gasteiger partial charge in [-0.3, -0.25) is 0 Å². The number of phenols is 1. The maximum absolute atomic E-state index is 11.1. The standard InChI is InChI=1S/C25H34O4/c1-24(2,3)18-11-16(12-19(22(18)26)25(4,5)6)23-17-14-21(28-8)20(27-7)13-15(17)9-10-29-23/h11-14,23,26H,9-10H2,1-8H3/t23-/m0/s1. The summed E-state index contributed by atoms with van der Waals surface area (Å²) in [5, 5.41) is 11.1. The zero-order chi connectivity index (χ0) is 21.6. The Morgan fingerprint density at radius 1 is 0.862 bits per heavy atom. The van der Waals surface area contributed by atoms with Crippen molar-refractivity contribution in [1.82, 2.24) is 0 Å². The molecule has 0 fully saturated rings. The van der Waals surface area contributed by atoms with Crippen LogP contribution in [0.3, 0.4) is 0 Å². The Bertz CT molecular complexity index is 865. The molecule has 0 bridgehead atoms. The van der Waals surface area contributed by atoms with Gasteiger partial charge in [-0.1, -0.05) is 41.5 Å². The Morgan fingerprint density at radius 2 is 1.38 bits per heavy atom. The van der Waals surface area contributed by atoms with Gasteiger partial charge in [-0.2, -0.15) is 0 Å². The first kappa shape index (κ1) is 21.5. The number of aromatic hydroxyl groups is 1. The number of hydrogen-bond acceptors (Lipinski definition) is 4. The van der Waals surface area contributed by atoms with Gasteiger partial charge in [-0.25, -0.2) is 0 Å². The molecule has 0 spiro atoms. The minimum absolute atomic E-state index is 0.185. The van der Waals surface area contributed by atoms with Crippen molar-refractivity contribution in [2.75, 3.05) is 20.8 Å². The Kier molecular flexibility index (Phi) is 5.61. The van der Waals surface area contributed by atoms with Gasteiger partial charge in [0, 0.05) is 0 Å². The van der Waals surface area contributed by atoms with E-state index in [4.69, 9.17) is 14.2 Å². The van der Waals surface area contributed by atoms with Gasteiger partial charge in [0.25, 0.3) is 0 Å². The predicted octanol–water partition coefficient (Wildman–Crippen LogP) is 5.67. The molecule has 0 aliphatic carbocycles. The lowest BCUT2D eigenvalue weighted by atomic mass is 9.77. The maximum atomic E-state index is 11.1. The van der Waals surface area contributed by atoms with E-state index in [9.17, 15) is 5.11 Å². The molecule has 1 heterocycles. The molecule has 3 rings (SSSR count). The van der Waals surface area contributed by atoms with E-state index in [2.05, 4.69) is 59.7 Å². The Balaban J connectivity index is 2.23. The van der Waals surface area contributed by atoms with Gasteiger partial charge in [0.05, 0.1) is 20.8 Å². The highest BCUT2D eigenvalue weighted by atomic mass is 16.5. The molecule has 0 radical (unpaired) electrons. The highest BCUT2D eigenvalue weighted by Crippen LogP contribution is 2.45. The van der Waals surface area contributed by atoms with Crippen molar-refractivity contribution >= 4 is 0 Å². The van der Waals surface area contributed by atoms with Crippen LogP contribution in [0.4, 0.5) is 0 Å². The van der Waals surface area contributed by atoms with E-state index in [-0.39, 0.29) is 16.9 Å². The Hall–Kier alpha value is -2.20. The average Bonchev–Trinajstić information content (AvgIpc) is 2.64. The molecule has 2 aromatic rings. The van der Waals surface area contributed by atoms with Crippen LogP contribution in [0.25, 0.3) is 0 Å². The molecular weight excluding hydrogens is 364 g/mol. The van der Waals surface area contributed by atoms with Crippen LogP contribution in [0.15, 0.2) is 24.3 Å². The molecule has 1 atom stereocenters. The van der Waals surface area contributed by atoms with Crippen molar-refractivity contribution in [3.63, 3.8) is 0 Å². The largest absolute Gasteiger partial charge is 0.507 e. The second-order valence-electron chi connectivity index (χ2n) is 9.87. The SMILES string of the molecule is COc1cc2c(cc1OC)[C@H](c1cc(C(C)(C)C)c(O)c(C(C)(C)C)c1)OCC2. The number of benzene rings is 2. The number of methoxy groups -OCH3 is 2. The average molecular weight is 399 g/mol. The lowest BCUT2D eigenvalue weighted by molar-refractivity contribution is 0.0692. The first-order valence-corrected chi connectivity index (χ1v) is 10.2. The molecule has 1 aliphatic heterocycles. The zero-order valence-electron chi connectivity index (χ0n) is 19.0. The van der Waals surface area contributed by atoms with Crippen molar-refractivity contribution in [2.45, 2.75) is 64.9 Å². The first-order valence-electron chi connectivity index (χ1n) is 10.2. The molecule has 0 unspecified atom stereocenters. The van der Waals surface area contributed by atoms with Crippen LogP contribution in [-0.4, -0.2) is 25.9 Å². The van der Waals surface area contributed by atoms with Gasteiger partial charge in [0.2, 0.25) is 0 Å². The van der Waals surface area contributed by atoms with Gasteiger partial charge in [0.15, 0.2) is 11.5 Å². The number of phenolic OH excluding ortho intramolecular Hbond substituents is 1. The van der Waals surface area contributed by atoms with Crippen molar-refractivity contribution in [3.05, 3.63) is 52.1 Å². The van der Waals surface area contributed by atoms with Crippen molar-refractivity contribution in [1.29, 1.82) is 0 Å². The highest BCUT2D eigenvalue weighted by molar-refractivity contribution is 5.55. The number of hydrogen-bond donors (Lipinski definition) is 1. The monoisotopic (exact) mass is 398 g/mol. The maximum Gasteiger partial charge on any atom is 0.161 e. The fraction of sp³-hybridized carbons (Fsp3) is 0.520. The summed E-state index contributed by atoms with van der Waals surface area (Å²) in [7, 11) is 3.31. The summed E-state index contributed by atoms with van der Waals surface area (Å²) in [5.41, 5.74) is 4.88. The molecule has 158 valence electrons. The minimum atomic E-state index is -0.207. The third kappa shape index (κ3) is 4.09. The zero-order valence-corrected chi connectivity index (χ0v) is 19.0. The van der Waals surface area contributed by atoms with E-state index in [1.54, 1.807) is 14.2 Å². The summed E-state index contributed by atoms with van der Waals surface area (Å²) in [6.45, 7) is 13.4. The van der Waals surface area contributed by atoms with E-state index in [1.807, 2.05) is 6.07 Å². The Labute approximate surface area is 174 Å². The van der Waals surface area contributed by atoms with Crippen molar-refractivity contribution < 1.29 is 19.3 Å². The number of rotatable bonds is 3. The van der Waals surface area contributed by atoms with Gasteiger partial charge in [-0.15, -0.1) is 0 Å². The summed E-state index contributed by atoms with van der Waals surface area (Å²) >= 11 is 0. The Morgan fingerprint density at radius 3 is 1.86 bits per heavy atom. The van der Waals surface area contributed by atoms with Crippen LogP contribution in [0, 0.1) is 0 Å². The van der Waals surface area contributed by atoms with Gasteiger partial charge in [0.1, 0.15) is 11.9 Å². The molecule has 2 aromatic carbocycles. The fourth-order valence-electron chi connectivity index (χ4n) is 4.00. The number of fused-ring (bicyclic) bond motifs is 1. The van der Waals surface area contributed by atoms with Crippen LogP contribution in [0.2, 0.25) is 0 Å². The van der Waals surface area contributed by atoms with E-state index < -0.39 is 0 Å². The third-order valence-electron chi connectivity index (χ3n) is 5.63. The molecule has 0 saturated carbocycles. The fourth-order valence-corrected chi connectivity index (χ4v) is 4.00. The smallest absolute Gasteiger partial charge is 0.161 e. The molecule has 29 heavy (non-hydrogen) atoms. The summed E-state index contributed by atoms with van der Waals surface area (Å²) in [4.78, 5) is 0. The molecule has 0 saturated heterocycles. The van der Waals surface area contributed by atoms with Crippen LogP contribution >= 0.6 is 0 Å². The van der Waals surface area contributed by atoms with E-state index >= 15 is 0 Å². The summed E-state index contributed by atoms with van der Waals surface area (Å²) in [6.07, 6.45) is 0.629. The van der Waals surface area contributed by atoms with Crippen LogP contribution in [-0.2, 0) is 22.0 Å². The quantitative estimate of drug-likeness (QED) is 0.724. The molecule has 4 heteroatoms. The van der Waals surface area contributed by atoms with Crippen LogP contribution in [0.1, 0.15) is 75.5 Å². The molecule has 1 N–H and O–H groups in total. The van der Waals surface area contributed by atoms with Gasteiger partial charge < -0.3 is 19.3 Å². The topological polar surface area (TPSA) is 47.9 Å². The van der Waals surface area contributed by atoms with Crippen molar-refractivity contribution in [3.8, 4) is 17.2 Å². The first-order chi connectivity index (χ1) is 13.5. The summed E-state index contributed by atoms with van der Waals surface area (Å²) in [6, 6.07) is 8.28. The molecule has 1 aliphatic rings. The second-order valence-corrected chi connectivity index (χ2v) is 9.87. The lowest BCUT2D eigenvalue weighted by Crippen LogP contribution is -2.21. The summed E-state index contributed by atoms with van der Waals surface area (Å²) < 4.78 is 17.3. The molecular formula is C25H34O4. The van der Waals surface area contributed by atoms with Crippen molar-refractivity contribution in [2.24, 2.45) is 0 Å². The van der Waals surface area contributed by atoms with E-state index in [0.29, 0.717) is 18.1 Å². The number of ether oxygens (including phenoxy) is 3. The molecule has 4 nitrogen and oxygen atoms in total. The third-order valence-corrected chi connectivity index (χ3v) is 5.63. The lowest BCUT2D eigenvalue weighted by Gasteiger charge is -2.32. The van der Waals surface area contributed by atoms with E-state index in [1.165, 1.54) is 5.56 Å². The predicted molar refractivity (Wildman–Crippen MR) is 117 cm³/mol. The normalized spacial score (nSPS) is 17.0. The van der Waals surface area contributed by atoms with Gasteiger partial charge >= 0.3 is 0 Å². The second kappa shape index (κ2) is 7.56. The van der Waals surface area contributed by atoms with Crippen LogP contribution in [0.5, 0.6) is 17.2 Å².